The first-order valence-electron chi connectivity index (χ1n) is 4.37. The standard InChI is InChI=1S/C12H14O/c1-3-6-10-8-5-9-12(13)11(10)7-4-2/h3-9,13H,1-2H3/b6-3-,7-4-. The van der Waals surface area contributed by atoms with E-state index in [1.807, 2.05) is 50.3 Å². The summed E-state index contributed by atoms with van der Waals surface area (Å²) in [6.07, 6.45) is 7.77. The van der Waals surface area contributed by atoms with Crippen LogP contribution in [0.25, 0.3) is 12.2 Å². The molecule has 13 heavy (non-hydrogen) atoms. The SMILES string of the molecule is C/C=C\c1cccc(O)c1/C=C\C. The van der Waals surface area contributed by atoms with Crippen LogP contribution >= 0.6 is 0 Å². The van der Waals surface area contributed by atoms with Gasteiger partial charge in [-0.05, 0) is 25.5 Å². The molecule has 0 spiro atoms. The summed E-state index contributed by atoms with van der Waals surface area (Å²) >= 11 is 0. The van der Waals surface area contributed by atoms with Crippen molar-refractivity contribution in [3.05, 3.63) is 41.5 Å². The molecule has 0 bridgehead atoms. The van der Waals surface area contributed by atoms with Crippen LogP contribution in [0.1, 0.15) is 25.0 Å². The molecule has 68 valence electrons. The molecule has 0 atom stereocenters. The molecule has 0 aliphatic rings. The molecule has 0 aliphatic carbocycles. The minimum Gasteiger partial charge on any atom is -0.507 e. The third kappa shape index (κ3) is 2.22. The van der Waals surface area contributed by atoms with Gasteiger partial charge in [0, 0.05) is 5.56 Å². The van der Waals surface area contributed by atoms with E-state index in [0.29, 0.717) is 5.75 Å². The molecule has 1 rings (SSSR count). The van der Waals surface area contributed by atoms with Gasteiger partial charge in [0.1, 0.15) is 5.75 Å². The highest BCUT2D eigenvalue weighted by Gasteiger charge is 2.00. The van der Waals surface area contributed by atoms with Crippen molar-refractivity contribution >= 4 is 12.2 Å². The Bertz CT molecular complexity index is 335. The van der Waals surface area contributed by atoms with Gasteiger partial charge in [-0.15, -0.1) is 0 Å². The van der Waals surface area contributed by atoms with E-state index in [2.05, 4.69) is 0 Å². The van der Waals surface area contributed by atoms with E-state index in [9.17, 15) is 5.11 Å². The highest BCUT2D eigenvalue weighted by atomic mass is 16.3. The molecular formula is C12H14O. The minimum atomic E-state index is 0.328. The zero-order valence-electron chi connectivity index (χ0n) is 7.99. The van der Waals surface area contributed by atoms with Crippen molar-refractivity contribution in [3.8, 4) is 5.75 Å². The Hall–Kier alpha value is -1.50. The van der Waals surface area contributed by atoms with Gasteiger partial charge in [-0.3, -0.25) is 0 Å². The fourth-order valence-electron chi connectivity index (χ4n) is 1.24. The van der Waals surface area contributed by atoms with Gasteiger partial charge in [-0.2, -0.15) is 0 Å². The lowest BCUT2D eigenvalue weighted by Gasteiger charge is -2.02. The van der Waals surface area contributed by atoms with Gasteiger partial charge in [-0.1, -0.05) is 36.4 Å². The van der Waals surface area contributed by atoms with Crippen LogP contribution in [-0.4, -0.2) is 5.11 Å². The summed E-state index contributed by atoms with van der Waals surface area (Å²) in [4.78, 5) is 0. The van der Waals surface area contributed by atoms with Gasteiger partial charge in [0.25, 0.3) is 0 Å². The third-order valence-corrected chi connectivity index (χ3v) is 1.80. The van der Waals surface area contributed by atoms with Crippen LogP contribution in [0.3, 0.4) is 0 Å². The number of phenolic OH excluding ortho intramolecular Hbond substituents is 1. The Morgan fingerprint density at radius 2 is 1.77 bits per heavy atom. The number of benzene rings is 1. The summed E-state index contributed by atoms with van der Waals surface area (Å²) in [5, 5.41) is 9.56. The summed E-state index contributed by atoms with van der Waals surface area (Å²) in [5.41, 5.74) is 1.92. The summed E-state index contributed by atoms with van der Waals surface area (Å²) in [5.74, 6) is 0.328. The molecule has 1 nitrogen and oxygen atoms in total. The normalized spacial score (nSPS) is 11.5. The minimum absolute atomic E-state index is 0.328. The lowest BCUT2D eigenvalue weighted by molar-refractivity contribution is 0.474. The van der Waals surface area contributed by atoms with Crippen molar-refractivity contribution in [2.24, 2.45) is 0 Å². The van der Waals surface area contributed by atoms with E-state index in [-0.39, 0.29) is 0 Å². The van der Waals surface area contributed by atoms with Crippen molar-refractivity contribution in [2.45, 2.75) is 13.8 Å². The van der Waals surface area contributed by atoms with E-state index >= 15 is 0 Å². The fraction of sp³-hybridized carbons (Fsp3) is 0.167. The second-order valence-corrected chi connectivity index (χ2v) is 2.78. The third-order valence-electron chi connectivity index (χ3n) is 1.80. The van der Waals surface area contributed by atoms with Crippen LogP contribution in [0.15, 0.2) is 30.4 Å². The number of hydrogen-bond acceptors (Lipinski definition) is 1. The first-order chi connectivity index (χ1) is 6.29. The van der Waals surface area contributed by atoms with Crippen molar-refractivity contribution in [3.63, 3.8) is 0 Å². The van der Waals surface area contributed by atoms with Gasteiger partial charge in [0.15, 0.2) is 0 Å². The molecule has 1 N–H and O–H groups in total. The predicted octanol–water partition coefficient (Wildman–Crippen LogP) is 3.46. The van der Waals surface area contributed by atoms with Crippen LogP contribution in [0.4, 0.5) is 0 Å². The Balaban J connectivity index is 3.25. The summed E-state index contributed by atoms with van der Waals surface area (Å²) in [6.45, 7) is 3.90. The Morgan fingerprint density at radius 1 is 1.08 bits per heavy atom. The van der Waals surface area contributed by atoms with E-state index in [1.165, 1.54) is 0 Å². The number of allylic oxidation sites excluding steroid dienone is 2. The fourth-order valence-corrected chi connectivity index (χ4v) is 1.24. The maximum Gasteiger partial charge on any atom is 0.123 e. The first-order valence-corrected chi connectivity index (χ1v) is 4.37. The molecule has 0 saturated carbocycles. The molecule has 0 saturated heterocycles. The van der Waals surface area contributed by atoms with Crippen molar-refractivity contribution < 1.29 is 5.11 Å². The topological polar surface area (TPSA) is 20.2 Å². The van der Waals surface area contributed by atoms with Gasteiger partial charge in [0.2, 0.25) is 0 Å². The molecule has 0 amide bonds. The zero-order valence-corrected chi connectivity index (χ0v) is 7.99. The van der Waals surface area contributed by atoms with Crippen LogP contribution in [0.5, 0.6) is 5.75 Å². The zero-order chi connectivity index (χ0) is 9.68. The molecule has 0 unspecified atom stereocenters. The molecule has 0 radical (unpaired) electrons. The number of phenols is 1. The van der Waals surface area contributed by atoms with Gasteiger partial charge >= 0.3 is 0 Å². The summed E-state index contributed by atoms with van der Waals surface area (Å²) in [7, 11) is 0. The quantitative estimate of drug-likeness (QED) is 0.728. The van der Waals surface area contributed by atoms with E-state index in [4.69, 9.17) is 0 Å². The predicted molar refractivity (Wildman–Crippen MR) is 57.5 cm³/mol. The maximum absolute atomic E-state index is 9.56. The second-order valence-electron chi connectivity index (χ2n) is 2.78. The molecular weight excluding hydrogens is 160 g/mol. The van der Waals surface area contributed by atoms with Crippen molar-refractivity contribution in [1.29, 1.82) is 0 Å². The molecule has 0 fully saturated rings. The largest absolute Gasteiger partial charge is 0.507 e. The molecule has 0 aliphatic heterocycles. The molecule has 1 aromatic rings. The molecule has 0 aromatic heterocycles. The van der Waals surface area contributed by atoms with Crippen molar-refractivity contribution in [2.75, 3.05) is 0 Å². The van der Waals surface area contributed by atoms with Crippen LogP contribution in [0, 0.1) is 0 Å². The lowest BCUT2D eigenvalue weighted by atomic mass is 10.1. The van der Waals surface area contributed by atoms with E-state index in [1.54, 1.807) is 6.07 Å². The smallest absolute Gasteiger partial charge is 0.123 e. The second kappa shape index (κ2) is 4.51. The average Bonchev–Trinajstić information content (AvgIpc) is 2.11. The summed E-state index contributed by atoms with van der Waals surface area (Å²) < 4.78 is 0. The summed E-state index contributed by atoms with van der Waals surface area (Å²) in [6, 6.07) is 5.52. The van der Waals surface area contributed by atoms with Gasteiger partial charge in [0.05, 0.1) is 0 Å². The Labute approximate surface area is 79.0 Å². The Morgan fingerprint density at radius 3 is 2.38 bits per heavy atom. The van der Waals surface area contributed by atoms with Crippen molar-refractivity contribution in [1.82, 2.24) is 0 Å². The highest BCUT2D eigenvalue weighted by Crippen LogP contribution is 2.23. The van der Waals surface area contributed by atoms with Crippen LogP contribution < -0.4 is 0 Å². The Kier molecular flexibility index (Phi) is 3.32. The molecule has 1 aromatic carbocycles. The number of hydrogen-bond donors (Lipinski definition) is 1. The molecule has 1 heteroatoms. The first kappa shape index (κ1) is 9.59. The monoisotopic (exact) mass is 174 g/mol. The average molecular weight is 174 g/mol. The van der Waals surface area contributed by atoms with E-state index in [0.717, 1.165) is 11.1 Å². The van der Waals surface area contributed by atoms with E-state index < -0.39 is 0 Å². The lowest BCUT2D eigenvalue weighted by Crippen LogP contribution is -1.80. The van der Waals surface area contributed by atoms with Crippen LogP contribution in [-0.2, 0) is 0 Å². The van der Waals surface area contributed by atoms with Gasteiger partial charge < -0.3 is 5.11 Å². The number of aromatic hydroxyl groups is 1. The highest BCUT2D eigenvalue weighted by molar-refractivity contribution is 5.69. The maximum atomic E-state index is 9.56. The number of rotatable bonds is 2. The molecule has 0 heterocycles. The van der Waals surface area contributed by atoms with Crippen LogP contribution in [0.2, 0.25) is 0 Å². The van der Waals surface area contributed by atoms with Gasteiger partial charge in [-0.25, -0.2) is 0 Å².